The topological polar surface area (TPSA) is 70.4 Å². The summed E-state index contributed by atoms with van der Waals surface area (Å²) in [4.78, 5) is 29.7. The molecule has 0 aliphatic carbocycles. The first-order chi connectivity index (χ1) is 14.4. The predicted molar refractivity (Wildman–Crippen MR) is 127 cm³/mol. The zero-order valence-corrected chi connectivity index (χ0v) is 21.0. The molecule has 0 aliphatic heterocycles. The van der Waals surface area contributed by atoms with Gasteiger partial charge in [0.25, 0.3) is 0 Å². The van der Waals surface area contributed by atoms with Gasteiger partial charge in [0.15, 0.2) is 14.1 Å². The zero-order chi connectivity index (χ0) is 23.0. The van der Waals surface area contributed by atoms with Crippen molar-refractivity contribution >= 4 is 42.4 Å². The summed E-state index contributed by atoms with van der Waals surface area (Å²) >= 11 is 1.41. The monoisotopic (exact) mass is 458 g/mol. The molecule has 1 unspecified atom stereocenters. The predicted octanol–water partition coefficient (Wildman–Crippen LogP) is 6.41. The maximum atomic E-state index is 12.9. The van der Waals surface area contributed by atoms with Crippen LogP contribution in [0.2, 0.25) is 19.6 Å². The summed E-state index contributed by atoms with van der Waals surface area (Å²) in [5.74, 6) is 0.00503. The van der Waals surface area contributed by atoms with Gasteiger partial charge in [-0.1, -0.05) is 25.1 Å². The first-order valence-corrected chi connectivity index (χ1v) is 14.7. The average Bonchev–Trinajstić information content (AvgIpc) is 3.29. The van der Waals surface area contributed by atoms with Crippen molar-refractivity contribution in [3.05, 3.63) is 52.1 Å². The SMILES string of the molecule is CCC(=O)c1csc(C(O[Si](C)(C)C)c2cn(C(=O)OC(C)(C)C)c3ccccc23)n1. The van der Waals surface area contributed by atoms with E-state index in [4.69, 9.17) is 9.16 Å². The van der Waals surface area contributed by atoms with Gasteiger partial charge in [-0.15, -0.1) is 11.3 Å². The smallest absolute Gasteiger partial charge is 0.419 e. The second kappa shape index (κ2) is 8.68. The molecule has 0 N–H and O–H groups in total. The summed E-state index contributed by atoms with van der Waals surface area (Å²) in [5.41, 5.74) is 1.44. The maximum Gasteiger partial charge on any atom is 0.419 e. The number of Topliss-reactive ketones (excluding diaryl/α,β-unsaturated/α-hetero) is 1. The highest BCUT2D eigenvalue weighted by molar-refractivity contribution is 7.10. The molecule has 166 valence electrons. The molecular weight excluding hydrogens is 428 g/mol. The number of ether oxygens (including phenoxy) is 1. The lowest BCUT2D eigenvalue weighted by molar-refractivity contribution is 0.0544. The summed E-state index contributed by atoms with van der Waals surface area (Å²) in [5, 5.41) is 3.40. The van der Waals surface area contributed by atoms with Crippen molar-refractivity contribution in [2.75, 3.05) is 0 Å². The molecule has 3 aromatic rings. The molecule has 1 aromatic carbocycles. The largest absolute Gasteiger partial charge is 0.443 e. The van der Waals surface area contributed by atoms with Crippen molar-refractivity contribution in [1.29, 1.82) is 0 Å². The van der Waals surface area contributed by atoms with E-state index in [9.17, 15) is 9.59 Å². The van der Waals surface area contributed by atoms with Crippen molar-refractivity contribution in [3.63, 3.8) is 0 Å². The molecule has 0 spiro atoms. The van der Waals surface area contributed by atoms with Crippen LogP contribution in [0, 0.1) is 0 Å². The highest BCUT2D eigenvalue weighted by Gasteiger charge is 2.31. The molecule has 3 rings (SSSR count). The standard InChI is InChI=1S/C23H30N2O4SSi/c1-8-19(26)17-14-30-21(24-17)20(29-31(5,6)7)16-13-25(22(27)28-23(2,3)4)18-12-10-9-11-15(16)18/h9-14,20H,8H2,1-7H3. The average molecular weight is 459 g/mol. The third-order valence-electron chi connectivity index (χ3n) is 4.44. The lowest BCUT2D eigenvalue weighted by Gasteiger charge is -2.25. The molecule has 0 saturated heterocycles. The van der Waals surface area contributed by atoms with Crippen LogP contribution in [-0.2, 0) is 9.16 Å². The summed E-state index contributed by atoms with van der Waals surface area (Å²) < 4.78 is 13.7. The molecule has 6 nitrogen and oxygen atoms in total. The van der Waals surface area contributed by atoms with E-state index in [-0.39, 0.29) is 5.78 Å². The molecule has 0 saturated carbocycles. The van der Waals surface area contributed by atoms with Gasteiger partial charge in [-0.3, -0.25) is 9.36 Å². The van der Waals surface area contributed by atoms with Crippen molar-refractivity contribution in [2.45, 2.75) is 65.5 Å². The third kappa shape index (κ3) is 5.50. The molecule has 2 heterocycles. The highest BCUT2D eigenvalue weighted by Crippen LogP contribution is 2.37. The van der Waals surface area contributed by atoms with Gasteiger partial charge in [-0.2, -0.15) is 0 Å². The van der Waals surface area contributed by atoms with Gasteiger partial charge in [-0.25, -0.2) is 9.78 Å². The first kappa shape index (κ1) is 23.4. The Bertz CT molecular complexity index is 1100. The van der Waals surface area contributed by atoms with Gasteiger partial charge in [0.1, 0.15) is 22.4 Å². The van der Waals surface area contributed by atoms with Gasteiger partial charge < -0.3 is 9.16 Å². The van der Waals surface area contributed by atoms with Crippen LogP contribution in [0.1, 0.15) is 61.3 Å². The number of carbonyl (C=O) groups is 2. The number of carbonyl (C=O) groups excluding carboxylic acids is 2. The van der Waals surface area contributed by atoms with Gasteiger partial charge in [-0.05, 0) is 46.5 Å². The molecule has 2 aromatic heterocycles. The van der Waals surface area contributed by atoms with Crippen molar-refractivity contribution in [2.24, 2.45) is 0 Å². The lowest BCUT2D eigenvalue weighted by Crippen LogP contribution is -2.28. The highest BCUT2D eigenvalue weighted by atomic mass is 32.1. The molecule has 0 bridgehead atoms. The van der Waals surface area contributed by atoms with Crippen LogP contribution in [0.5, 0.6) is 0 Å². The molecule has 0 aliphatic rings. The van der Waals surface area contributed by atoms with E-state index in [1.807, 2.05) is 52.0 Å². The van der Waals surface area contributed by atoms with Crippen molar-refractivity contribution < 1.29 is 18.8 Å². The Labute approximate surface area is 188 Å². The van der Waals surface area contributed by atoms with Crippen LogP contribution >= 0.6 is 11.3 Å². The summed E-state index contributed by atoms with van der Waals surface area (Å²) in [7, 11) is -2.00. The Morgan fingerprint density at radius 3 is 2.48 bits per heavy atom. The van der Waals surface area contributed by atoms with E-state index >= 15 is 0 Å². The molecule has 8 heteroatoms. The van der Waals surface area contributed by atoms with Gasteiger partial charge in [0.05, 0.1) is 5.52 Å². The molecule has 0 radical (unpaired) electrons. The number of aromatic nitrogens is 2. The van der Waals surface area contributed by atoms with Crippen LogP contribution in [0.4, 0.5) is 4.79 Å². The van der Waals surface area contributed by atoms with E-state index < -0.39 is 26.1 Å². The minimum Gasteiger partial charge on any atom is -0.443 e. The number of nitrogens with zero attached hydrogens (tertiary/aromatic N) is 2. The van der Waals surface area contributed by atoms with Gasteiger partial charge in [0.2, 0.25) is 0 Å². The van der Waals surface area contributed by atoms with E-state index in [0.29, 0.717) is 17.1 Å². The number of rotatable bonds is 6. The number of hydrogen-bond acceptors (Lipinski definition) is 6. The second-order valence-corrected chi connectivity index (χ2v) is 14.8. The minimum atomic E-state index is -2.00. The van der Waals surface area contributed by atoms with Crippen LogP contribution in [0.25, 0.3) is 10.9 Å². The summed E-state index contributed by atoms with van der Waals surface area (Å²) in [6.45, 7) is 13.7. The van der Waals surface area contributed by atoms with Crippen LogP contribution in [0.15, 0.2) is 35.8 Å². The fraction of sp³-hybridized carbons (Fsp3) is 0.435. The number of para-hydroxylation sites is 1. The van der Waals surface area contributed by atoms with Crippen molar-refractivity contribution in [3.8, 4) is 0 Å². The number of fused-ring (bicyclic) bond motifs is 1. The quantitative estimate of drug-likeness (QED) is 0.315. The van der Waals surface area contributed by atoms with E-state index in [1.54, 1.807) is 11.6 Å². The zero-order valence-electron chi connectivity index (χ0n) is 19.2. The van der Waals surface area contributed by atoms with E-state index in [0.717, 1.165) is 16.5 Å². The molecular formula is C23H30N2O4SSi. The van der Waals surface area contributed by atoms with Crippen LogP contribution in [-0.4, -0.2) is 35.3 Å². The van der Waals surface area contributed by atoms with E-state index in [2.05, 4.69) is 24.6 Å². The summed E-state index contributed by atoms with van der Waals surface area (Å²) in [6.07, 6.45) is 1.28. The number of thiazole rings is 1. The van der Waals surface area contributed by atoms with Gasteiger partial charge >= 0.3 is 6.09 Å². The van der Waals surface area contributed by atoms with Gasteiger partial charge in [0, 0.05) is 28.9 Å². The van der Waals surface area contributed by atoms with E-state index in [1.165, 1.54) is 15.9 Å². The van der Waals surface area contributed by atoms with Crippen molar-refractivity contribution in [1.82, 2.24) is 9.55 Å². The van der Waals surface area contributed by atoms with Crippen LogP contribution < -0.4 is 0 Å². The Kier molecular flexibility index (Phi) is 6.55. The fourth-order valence-electron chi connectivity index (χ4n) is 3.19. The van der Waals surface area contributed by atoms with Crippen LogP contribution in [0.3, 0.4) is 0 Å². The fourth-order valence-corrected chi connectivity index (χ4v) is 5.09. The third-order valence-corrected chi connectivity index (χ3v) is 6.27. The number of hydrogen-bond donors (Lipinski definition) is 0. The molecule has 0 fully saturated rings. The first-order valence-electron chi connectivity index (χ1n) is 10.4. The molecule has 1 atom stereocenters. The summed E-state index contributed by atoms with van der Waals surface area (Å²) in [6, 6.07) is 7.69. The number of benzene rings is 1. The Balaban J connectivity index is 2.15. The maximum absolute atomic E-state index is 12.9. The number of ketones is 1. The minimum absolute atomic E-state index is 0.00503. The second-order valence-electron chi connectivity index (χ2n) is 9.41. The molecule has 0 amide bonds. The lowest BCUT2D eigenvalue weighted by atomic mass is 10.1. The Morgan fingerprint density at radius 2 is 1.87 bits per heavy atom. The Morgan fingerprint density at radius 1 is 1.19 bits per heavy atom. The molecule has 31 heavy (non-hydrogen) atoms. The Hall–Kier alpha value is -2.29. The normalized spacial score (nSPS) is 13.4.